The topological polar surface area (TPSA) is 71.1 Å². The lowest BCUT2D eigenvalue weighted by molar-refractivity contribution is 0.123. The van der Waals surface area contributed by atoms with Crippen LogP contribution in [-0.4, -0.2) is 30.1 Å². The van der Waals surface area contributed by atoms with Crippen LogP contribution in [0, 0.1) is 28.6 Å². The quantitative estimate of drug-likeness (QED) is 0.854. The highest BCUT2D eigenvalue weighted by Crippen LogP contribution is 2.15. The number of aliphatic hydroxyl groups excluding tert-OH is 1. The number of rotatable bonds is 5. The van der Waals surface area contributed by atoms with Crippen molar-refractivity contribution in [2.24, 2.45) is 5.92 Å². The van der Waals surface area contributed by atoms with Gasteiger partial charge in [0, 0.05) is 13.1 Å². The zero-order valence-electron chi connectivity index (χ0n) is 10.7. The monoisotopic (exact) mass is 243 g/mol. The molecule has 0 aliphatic rings. The summed E-state index contributed by atoms with van der Waals surface area (Å²) < 4.78 is 0. The van der Waals surface area contributed by atoms with Crippen LogP contribution in [0.3, 0.4) is 0 Å². The standard InChI is InChI=1S/C14H17N3O/c1-11(7-15)9-17(2)10-14(18)13-5-3-12(8-16)4-6-13/h3-6,11,14,18H,9-10H2,1-2H3. The van der Waals surface area contributed by atoms with Crippen LogP contribution in [0.4, 0.5) is 0 Å². The van der Waals surface area contributed by atoms with Gasteiger partial charge in [0.15, 0.2) is 0 Å². The van der Waals surface area contributed by atoms with E-state index in [1.165, 1.54) is 0 Å². The number of hydrogen-bond acceptors (Lipinski definition) is 4. The highest BCUT2D eigenvalue weighted by Gasteiger charge is 2.12. The van der Waals surface area contributed by atoms with E-state index in [4.69, 9.17) is 10.5 Å². The fraction of sp³-hybridized carbons (Fsp3) is 0.429. The normalized spacial score (nSPS) is 13.7. The Bertz CT molecular complexity index is 455. The Morgan fingerprint density at radius 2 is 1.83 bits per heavy atom. The van der Waals surface area contributed by atoms with Crippen LogP contribution in [0.25, 0.3) is 0 Å². The maximum atomic E-state index is 10.0. The minimum atomic E-state index is -0.603. The summed E-state index contributed by atoms with van der Waals surface area (Å²) in [6.45, 7) is 2.95. The zero-order valence-corrected chi connectivity index (χ0v) is 10.7. The van der Waals surface area contributed by atoms with Crippen molar-refractivity contribution >= 4 is 0 Å². The molecule has 0 bridgehead atoms. The van der Waals surface area contributed by atoms with Crippen molar-refractivity contribution in [2.45, 2.75) is 13.0 Å². The molecule has 4 heteroatoms. The van der Waals surface area contributed by atoms with Crippen molar-refractivity contribution < 1.29 is 5.11 Å². The number of aliphatic hydroxyl groups is 1. The van der Waals surface area contributed by atoms with Crippen molar-refractivity contribution in [2.75, 3.05) is 20.1 Å². The minimum absolute atomic E-state index is 0.0526. The molecule has 0 aliphatic heterocycles. The molecule has 0 saturated heterocycles. The SMILES string of the molecule is CC(C#N)CN(C)CC(O)c1ccc(C#N)cc1. The van der Waals surface area contributed by atoms with Crippen molar-refractivity contribution in [1.82, 2.24) is 4.90 Å². The van der Waals surface area contributed by atoms with Gasteiger partial charge in [-0.2, -0.15) is 10.5 Å². The molecule has 1 rings (SSSR count). The molecule has 1 aromatic carbocycles. The lowest BCUT2D eigenvalue weighted by Gasteiger charge is -2.21. The Labute approximate surface area is 108 Å². The van der Waals surface area contributed by atoms with Crippen LogP contribution in [0.2, 0.25) is 0 Å². The summed E-state index contributed by atoms with van der Waals surface area (Å²) in [5.74, 6) is -0.0526. The van der Waals surface area contributed by atoms with Gasteiger partial charge in [0.1, 0.15) is 0 Å². The molecule has 0 amide bonds. The fourth-order valence-corrected chi connectivity index (χ4v) is 1.76. The molecule has 1 N–H and O–H groups in total. The number of nitrogens with zero attached hydrogens (tertiary/aromatic N) is 3. The van der Waals surface area contributed by atoms with Crippen LogP contribution in [0.5, 0.6) is 0 Å². The van der Waals surface area contributed by atoms with Gasteiger partial charge in [0.05, 0.1) is 29.7 Å². The second-order valence-electron chi connectivity index (χ2n) is 4.50. The molecule has 18 heavy (non-hydrogen) atoms. The molecule has 2 atom stereocenters. The van der Waals surface area contributed by atoms with E-state index in [0.717, 1.165) is 5.56 Å². The molecule has 2 unspecified atom stereocenters. The van der Waals surface area contributed by atoms with Gasteiger partial charge in [-0.25, -0.2) is 0 Å². The first-order chi connectivity index (χ1) is 8.56. The minimum Gasteiger partial charge on any atom is -0.387 e. The Hall–Kier alpha value is -1.88. The molecule has 0 radical (unpaired) electrons. The summed E-state index contributed by atoms with van der Waals surface area (Å²) >= 11 is 0. The Balaban J connectivity index is 2.57. The van der Waals surface area contributed by atoms with E-state index in [2.05, 4.69) is 6.07 Å². The summed E-state index contributed by atoms with van der Waals surface area (Å²) in [5.41, 5.74) is 1.36. The smallest absolute Gasteiger partial charge is 0.0991 e. The lowest BCUT2D eigenvalue weighted by Crippen LogP contribution is -2.28. The molecule has 4 nitrogen and oxygen atoms in total. The molecule has 0 spiro atoms. The predicted octanol–water partition coefficient (Wildman–Crippen LogP) is 1.68. The summed E-state index contributed by atoms with van der Waals surface area (Å²) in [4.78, 5) is 1.93. The summed E-state index contributed by atoms with van der Waals surface area (Å²) in [6, 6.07) is 11.1. The average molecular weight is 243 g/mol. The highest BCUT2D eigenvalue weighted by molar-refractivity contribution is 5.32. The average Bonchev–Trinajstić information content (AvgIpc) is 2.38. The first-order valence-electron chi connectivity index (χ1n) is 5.83. The lowest BCUT2D eigenvalue weighted by atomic mass is 10.1. The molecule has 0 heterocycles. The molecule has 0 fully saturated rings. The predicted molar refractivity (Wildman–Crippen MR) is 68.4 cm³/mol. The van der Waals surface area contributed by atoms with Gasteiger partial charge in [-0.05, 0) is 31.7 Å². The third-order valence-corrected chi connectivity index (χ3v) is 2.72. The van der Waals surface area contributed by atoms with Crippen LogP contribution >= 0.6 is 0 Å². The van der Waals surface area contributed by atoms with E-state index in [9.17, 15) is 5.11 Å². The van der Waals surface area contributed by atoms with E-state index >= 15 is 0 Å². The van der Waals surface area contributed by atoms with E-state index in [1.54, 1.807) is 24.3 Å². The van der Waals surface area contributed by atoms with Gasteiger partial charge in [0.2, 0.25) is 0 Å². The van der Waals surface area contributed by atoms with Gasteiger partial charge in [-0.15, -0.1) is 0 Å². The Kier molecular flexibility index (Phi) is 5.32. The van der Waals surface area contributed by atoms with E-state index in [0.29, 0.717) is 18.7 Å². The van der Waals surface area contributed by atoms with Gasteiger partial charge in [-0.3, -0.25) is 0 Å². The third kappa shape index (κ3) is 4.18. The second-order valence-corrected chi connectivity index (χ2v) is 4.50. The van der Waals surface area contributed by atoms with E-state index < -0.39 is 6.10 Å². The molecule has 0 aromatic heterocycles. The molecule has 1 aromatic rings. The molecule has 0 aliphatic carbocycles. The van der Waals surface area contributed by atoms with Crippen molar-refractivity contribution in [3.05, 3.63) is 35.4 Å². The van der Waals surface area contributed by atoms with E-state index in [1.807, 2.05) is 24.9 Å². The third-order valence-electron chi connectivity index (χ3n) is 2.72. The maximum Gasteiger partial charge on any atom is 0.0991 e. The van der Waals surface area contributed by atoms with Gasteiger partial charge < -0.3 is 10.0 Å². The van der Waals surface area contributed by atoms with Crippen molar-refractivity contribution in [3.8, 4) is 12.1 Å². The van der Waals surface area contributed by atoms with Crippen LogP contribution < -0.4 is 0 Å². The molecule has 94 valence electrons. The van der Waals surface area contributed by atoms with Crippen molar-refractivity contribution in [1.29, 1.82) is 10.5 Å². The summed E-state index contributed by atoms with van der Waals surface area (Å²) in [6.07, 6.45) is -0.603. The number of hydrogen-bond donors (Lipinski definition) is 1. The van der Waals surface area contributed by atoms with Gasteiger partial charge >= 0.3 is 0 Å². The van der Waals surface area contributed by atoms with Gasteiger partial charge in [0.25, 0.3) is 0 Å². The van der Waals surface area contributed by atoms with Crippen LogP contribution in [-0.2, 0) is 0 Å². The first-order valence-corrected chi connectivity index (χ1v) is 5.83. The zero-order chi connectivity index (χ0) is 13.5. The number of likely N-dealkylation sites (N-methyl/N-ethyl adjacent to an activating group) is 1. The number of nitriles is 2. The summed E-state index contributed by atoms with van der Waals surface area (Å²) in [5, 5.41) is 27.4. The fourth-order valence-electron chi connectivity index (χ4n) is 1.76. The first kappa shape index (κ1) is 14.2. The molecular weight excluding hydrogens is 226 g/mol. The van der Waals surface area contributed by atoms with Crippen LogP contribution in [0.15, 0.2) is 24.3 Å². The Morgan fingerprint density at radius 3 is 2.33 bits per heavy atom. The molecule has 0 saturated carbocycles. The maximum absolute atomic E-state index is 10.0. The van der Waals surface area contributed by atoms with Crippen molar-refractivity contribution in [3.63, 3.8) is 0 Å². The number of benzene rings is 1. The second kappa shape index (κ2) is 6.76. The Morgan fingerprint density at radius 1 is 1.22 bits per heavy atom. The summed E-state index contributed by atoms with van der Waals surface area (Å²) in [7, 11) is 1.88. The van der Waals surface area contributed by atoms with Crippen LogP contribution in [0.1, 0.15) is 24.2 Å². The molecular formula is C14H17N3O. The largest absolute Gasteiger partial charge is 0.387 e. The highest BCUT2D eigenvalue weighted by atomic mass is 16.3. The van der Waals surface area contributed by atoms with Gasteiger partial charge in [-0.1, -0.05) is 12.1 Å². The van der Waals surface area contributed by atoms with E-state index in [-0.39, 0.29) is 5.92 Å².